The minimum absolute atomic E-state index is 0.371. The van der Waals surface area contributed by atoms with Gasteiger partial charge in [0.15, 0.2) is 0 Å². The second-order valence-corrected chi connectivity index (χ2v) is 7.06. The van der Waals surface area contributed by atoms with E-state index in [2.05, 4.69) is 91.9 Å². The van der Waals surface area contributed by atoms with Gasteiger partial charge in [0.1, 0.15) is 0 Å². The zero-order chi connectivity index (χ0) is 16.8. The van der Waals surface area contributed by atoms with Gasteiger partial charge in [-0.1, -0.05) is 90.0 Å². The first kappa shape index (κ1) is 14.5. The summed E-state index contributed by atoms with van der Waals surface area (Å²) in [6.45, 7) is 2.20. The van der Waals surface area contributed by atoms with Crippen LogP contribution in [0, 0.1) is 0 Å². The van der Waals surface area contributed by atoms with Crippen LogP contribution in [0.3, 0.4) is 0 Å². The molecule has 0 aliphatic heterocycles. The first-order chi connectivity index (χ1) is 12.3. The molecule has 0 fully saturated rings. The summed E-state index contributed by atoms with van der Waals surface area (Å²) in [5.41, 5.74) is 8.51. The third-order valence-electron chi connectivity index (χ3n) is 5.47. The summed E-state index contributed by atoms with van der Waals surface area (Å²) in [6, 6.07) is 24.2. The Labute approximate surface area is 148 Å². The van der Waals surface area contributed by atoms with Crippen LogP contribution in [0.1, 0.15) is 36.0 Å². The fourth-order valence-corrected chi connectivity index (χ4v) is 4.32. The summed E-state index contributed by atoms with van der Waals surface area (Å²) >= 11 is 0. The Kier molecular flexibility index (Phi) is 3.24. The number of allylic oxidation sites excluding steroid dienone is 5. The van der Waals surface area contributed by atoms with Gasteiger partial charge < -0.3 is 0 Å². The summed E-state index contributed by atoms with van der Waals surface area (Å²) in [5, 5.41) is 2.66. The molecule has 2 aliphatic rings. The van der Waals surface area contributed by atoms with Crippen LogP contribution in [0.5, 0.6) is 0 Å². The van der Waals surface area contributed by atoms with Crippen LogP contribution in [0.2, 0.25) is 0 Å². The molecule has 0 radical (unpaired) electrons. The summed E-state index contributed by atoms with van der Waals surface area (Å²) < 4.78 is 0. The van der Waals surface area contributed by atoms with Gasteiger partial charge >= 0.3 is 0 Å². The zero-order valence-electron chi connectivity index (χ0n) is 14.4. The quantitative estimate of drug-likeness (QED) is 0.489. The number of hydrogen-bond donors (Lipinski definition) is 0. The highest BCUT2D eigenvalue weighted by Gasteiger charge is 2.30. The van der Waals surface area contributed by atoms with Crippen LogP contribution < -0.4 is 0 Å². The molecule has 25 heavy (non-hydrogen) atoms. The lowest BCUT2D eigenvalue weighted by atomic mass is 9.83. The van der Waals surface area contributed by atoms with Crippen LogP contribution in [0.4, 0.5) is 0 Å². The second kappa shape index (κ2) is 5.60. The monoisotopic (exact) mass is 320 g/mol. The molecular weight excluding hydrogens is 300 g/mol. The van der Waals surface area contributed by atoms with Gasteiger partial charge in [0.25, 0.3) is 0 Å². The maximum absolute atomic E-state index is 2.40. The molecule has 0 aromatic heterocycles. The van der Waals surface area contributed by atoms with Crippen molar-refractivity contribution < 1.29 is 0 Å². The predicted molar refractivity (Wildman–Crippen MR) is 107 cm³/mol. The molecule has 1 atom stereocenters. The molecule has 0 heteroatoms. The number of hydrogen-bond acceptors (Lipinski definition) is 0. The Morgan fingerprint density at radius 3 is 2.48 bits per heavy atom. The van der Waals surface area contributed by atoms with Crippen molar-refractivity contribution in [3.05, 3.63) is 107 Å². The Bertz CT molecular complexity index is 1070. The molecule has 0 amide bonds. The van der Waals surface area contributed by atoms with E-state index >= 15 is 0 Å². The van der Waals surface area contributed by atoms with Gasteiger partial charge in [-0.3, -0.25) is 0 Å². The Hall–Kier alpha value is -2.86. The molecule has 0 N–H and O–H groups in total. The van der Waals surface area contributed by atoms with Crippen molar-refractivity contribution in [1.82, 2.24) is 0 Å². The van der Waals surface area contributed by atoms with E-state index in [1.54, 1.807) is 0 Å². The van der Waals surface area contributed by atoms with Crippen molar-refractivity contribution in [2.75, 3.05) is 0 Å². The summed E-state index contributed by atoms with van der Waals surface area (Å²) in [6.07, 6.45) is 8.19. The first-order valence-electron chi connectivity index (χ1n) is 8.97. The molecule has 0 heterocycles. The minimum Gasteiger partial charge on any atom is -0.0775 e. The van der Waals surface area contributed by atoms with E-state index in [1.807, 2.05) is 0 Å². The Morgan fingerprint density at radius 1 is 0.800 bits per heavy atom. The third-order valence-corrected chi connectivity index (χ3v) is 5.47. The average molecular weight is 320 g/mol. The number of fused-ring (bicyclic) bond motifs is 2. The van der Waals surface area contributed by atoms with Crippen molar-refractivity contribution >= 4 is 22.4 Å². The molecule has 1 unspecified atom stereocenters. The molecule has 0 saturated heterocycles. The summed E-state index contributed by atoms with van der Waals surface area (Å²) in [5.74, 6) is 0.371. The third kappa shape index (κ3) is 2.29. The molecule has 0 spiro atoms. The van der Waals surface area contributed by atoms with Crippen LogP contribution in [0.15, 0.2) is 90.0 Å². The normalized spacial score (nSPS) is 18.8. The number of rotatable bonds is 2. The van der Waals surface area contributed by atoms with Gasteiger partial charge in [-0.2, -0.15) is 0 Å². The van der Waals surface area contributed by atoms with Crippen molar-refractivity contribution in [1.29, 1.82) is 0 Å². The Morgan fingerprint density at radius 2 is 1.60 bits per heavy atom. The van der Waals surface area contributed by atoms with Gasteiger partial charge in [0.05, 0.1) is 0 Å². The van der Waals surface area contributed by atoms with E-state index in [4.69, 9.17) is 0 Å². The van der Waals surface area contributed by atoms with E-state index < -0.39 is 0 Å². The topological polar surface area (TPSA) is 0 Å². The zero-order valence-corrected chi connectivity index (χ0v) is 14.4. The second-order valence-electron chi connectivity index (χ2n) is 7.06. The molecule has 5 rings (SSSR count). The first-order valence-corrected chi connectivity index (χ1v) is 8.97. The molecule has 2 aliphatic carbocycles. The van der Waals surface area contributed by atoms with Crippen LogP contribution in [0.25, 0.3) is 22.4 Å². The fraction of sp³-hybridized carbons (Fsp3) is 0.120. The van der Waals surface area contributed by atoms with Gasteiger partial charge in [-0.05, 0) is 52.5 Å². The highest BCUT2D eigenvalue weighted by atomic mass is 14.3. The predicted octanol–water partition coefficient (Wildman–Crippen LogP) is 6.75. The Balaban J connectivity index is 1.73. The van der Waals surface area contributed by atoms with Gasteiger partial charge in [-0.25, -0.2) is 0 Å². The molecule has 0 saturated carbocycles. The highest BCUT2D eigenvalue weighted by molar-refractivity contribution is 6.02. The van der Waals surface area contributed by atoms with Gasteiger partial charge in [0, 0.05) is 5.92 Å². The maximum atomic E-state index is 2.40. The largest absolute Gasteiger partial charge is 0.0775 e. The van der Waals surface area contributed by atoms with Crippen LogP contribution >= 0.6 is 0 Å². The van der Waals surface area contributed by atoms with E-state index in [0.29, 0.717) is 5.92 Å². The minimum atomic E-state index is 0.371. The maximum Gasteiger partial charge on any atom is 0.0317 e. The van der Waals surface area contributed by atoms with Crippen molar-refractivity contribution in [2.45, 2.75) is 19.3 Å². The number of benzene rings is 3. The SMILES string of the molecule is CC1=CCC(C2C(c3cccc4ccccc34)=Cc3ccccc32)=C1. The molecular formula is C25H20. The standard InChI is InChI=1S/C25H20/c1-17-13-14-20(15-17)25-22-11-5-3-8-19(22)16-24(25)23-12-6-9-18-7-2-4-10-21(18)23/h2-13,15-16,25H,14H2,1H3. The summed E-state index contributed by atoms with van der Waals surface area (Å²) in [4.78, 5) is 0. The van der Waals surface area contributed by atoms with E-state index in [9.17, 15) is 0 Å². The van der Waals surface area contributed by atoms with E-state index in [0.717, 1.165) is 6.42 Å². The molecule has 0 nitrogen and oxygen atoms in total. The van der Waals surface area contributed by atoms with Gasteiger partial charge in [0.2, 0.25) is 0 Å². The van der Waals surface area contributed by atoms with Crippen molar-refractivity contribution in [2.24, 2.45) is 0 Å². The molecule has 3 aromatic rings. The van der Waals surface area contributed by atoms with Crippen LogP contribution in [-0.2, 0) is 0 Å². The fourth-order valence-electron chi connectivity index (χ4n) is 4.32. The van der Waals surface area contributed by atoms with E-state index in [1.165, 1.54) is 44.2 Å². The lowest BCUT2D eigenvalue weighted by molar-refractivity contribution is 0.991. The lowest BCUT2D eigenvalue weighted by Crippen LogP contribution is -2.02. The van der Waals surface area contributed by atoms with Crippen molar-refractivity contribution in [3.63, 3.8) is 0 Å². The molecule has 3 aromatic carbocycles. The highest BCUT2D eigenvalue weighted by Crippen LogP contribution is 2.49. The average Bonchev–Trinajstić information content (AvgIpc) is 3.24. The lowest BCUT2D eigenvalue weighted by Gasteiger charge is -2.20. The van der Waals surface area contributed by atoms with Gasteiger partial charge in [-0.15, -0.1) is 0 Å². The van der Waals surface area contributed by atoms with E-state index in [-0.39, 0.29) is 0 Å². The molecule has 0 bridgehead atoms. The van der Waals surface area contributed by atoms with Crippen LogP contribution in [-0.4, -0.2) is 0 Å². The van der Waals surface area contributed by atoms with Crippen molar-refractivity contribution in [3.8, 4) is 0 Å². The molecule has 120 valence electrons. The summed E-state index contributed by atoms with van der Waals surface area (Å²) in [7, 11) is 0. The smallest absolute Gasteiger partial charge is 0.0317 e.